The lowest BCUT2D eigenvalue weighted by Gasteiger charge is -2.28. The molecule has 5 nitrogen and oxygen atoms in total. The Balaban J connectivity index is 1.69. The van der Waals surface area contributed by atoms with Crippen LogP contribution in [0.25, 0.3) is 11.0 Å². The average molecular weight is 445 g/mol. The largest absolute Gasteiger partial charge is 0.503 e. The summed E-state index contributed by atoms with van der Waals surface area (Å²) in [6.45, 7) is 1.79. The lowest BCUT2D eigenvalue weighted by molar-refractivity contribution is -0.117. The molecule has 0 saturated carbocycles. The highest BCUT2D eigenvalue weighted by Gasteiger charge is 2.46. The zero-order valence-corrected chi connectivity index (χ0v) is 17.4. The molecule has 1 N–H and O–H groups in total. The maximum Gasteiger partial charge on any atom is 0.294 e. The van der Waals surface area contributed by atoms with Gasteiger partial charge in [0.15, 0.2) is 23.2 Å². The van der Waals surface area contributed by atoms with Crippen molar-refractivity contribution in [2.24, 2.45) is 0 Å². The van der Waals surface area contributed by atoms with E-state index >= 15 is 0 Å². The first-order valence-electron chi connectivity index (χ1n) is 10.2. The van der Waals surface area contributed by atoms with Crippen molar-refractivity contribution in [3.63, 3.8) is 0 Å². The Hall–Kier alpha value is -4.26. The first kappa shape index (κ1) is 20.6. The van der Waals surface area contributed by atoms with Crippen LogP contribution in [0.15, 0.2) is 88.5 Å². The number of amides is 1. The van der Waals surface area contributed by atoms with Gasteiger partial charge in [-0.15, -0.1) is 0 Å². The summed E-state index contributed by atoms with van der Waals surface area (Å²) < 4.78 is 33.3. The molecule has 7 heteroatoms. The lowest BCUT2D eigenvalue weighted by Crippen LogP contribution is -2.31. The highest BCUT2D eigenvalue weighted by atomic mass is 19.2. The molecule has 0 aliphatic carbocycles. The van der Waals surface area contributed by atoms with Crippen molar-refractivity contribution >= 4 is 28.3 Å². The molecule has 4 aromatic rings. The number of nitrogens with zero attached hydrogens (tertiary/aromatic N) is 1. The number of carbonyl (C=O) groups is 2. The molecular formula is C26H17F2NO4. The number of hydrogen-bond donors (Lipinski definition) is 1. The number of benzene rings is 3. The van der Waals surface area contributed by atoms with E-state index in [2.05, 4.69) is 0 Å². The number of ketones is 1. The van der Waals surface area contributed by atoms with Gasteiger partial charge in [0.05, 0.1) is 11.6 Å². The standard InChI is InChI=1S/C26H17F2NO4/c1-14-6-2-4-8-17(14)23-22(24(30)21-12-15-7-3-5-9-20(15)33-21)25(31)26(32)29(23)16-10-11-18(27)19(28)13-16/h2-13,23,31H,1H3. The molecule has 1 atom stereocenters. The van der Waals surface area contributed by atoms with Gasteiger partial charge in [0.25, 0.3) is 5.91 Å². The Labute approximate surface area is 187 Å². The van der Waals surface area contributed by atoms with Gasteiger partial charge in [0.2, 0.25) is 5.78 Å². The second kappa shape index (κ2) is 7.70. The Morgan fingerprint density at radius 2 is 1.70 bits per heavy atom. The van der Waals surface area contributed by atoms with Crippen molar-refractivity contribution in [3.05, 3.63) is 113 Å². The van der Waals surface area contributed by atoms with E-state index in [1.54, 1.807) is 55.5 Å². The van der Waals surface area contributed by atoms with E-state index in [1.165, 1.54) is 12.1 Å². The number of aliphatic hydroxyl groups excluding tert-OH is 1. The van der Waals surface area contributed by atoms with E-state index in [0.717, 1.165) is 22.6 Å². The van der Waals surface area contributed by atoms with Gasteiger partial charge in [-0.1, -0.05) is 42.5 Å². The highest BCUT2D eigenvalue weighted by Crippen LogP contribution is 2.43. The Morgan fingerprint density at radius 1 is 0.970 bits per heavy atom. The van der Waals surface area contributed by atoms with Gasteiger partial charge in [0, 0.05) is 17.1 Å². The van der Waals surface area contributed by atoms with Crippen LogP contribution in [0.4, 0.5) is 14.5 Å². The van der Waals surface area contributed by atoms with E-state index in [0.29, 0.717) is 16.5 Å². The number of hydrogen-bond acceptors (Lipinski definition) is 4. The van der Waals surface area contributed by atoms with Gasteiger partial charge in [-0.25, -0.2) is 8.78 Å². The minimum Gasteiger partial charge on any atom is -0.503 e. The third-order valence-electron chi connectivity index (χ3n) is 5.77. The van der Waals surface area contributed by atoms with Crippen molar-refractivity contribution in [1.29, 1.82) is 0 Å². The van der Waals surface area contributed by atoms with E-state index in [4.69, 9.17) is 4.42 Å². The average Bonchev–Trinajstić information content (AvgIpc) is 3.35. The van der Waals surface area contributed by atoms with Crippen LogP contribution >= 0.6 is 0 Å². The number of halogens is 2. The number of aryl methyl sites for hydroxylation is 1. The molecule has 0 radical (unpaired) electrons. The highest BCUT2D eigenvalue weighted by molar-refractivity contribution is 6.20. The lowest BCUT2D eigenvalue weighted by atomic mass is 9.92. The van der Waals surface area contributed by atoms with Crippen LogP contribution in [-0.2, 0) is 4.79 Å². The van der Waals surface area contributed by atoms with Crippen LogP contribution in [-0.4, -0.2) is 16.8 Å². The van der Waals surface area contributed by atoms with Gasteiger partial charge in [-0.2, -0.15) is 0 Å². The molecule has 33 heavy (non-hydrogen) atoms. The maximum atomic E-state index is 14.0. The van der Waals surface area contributed by atoms with E-state index < -0.39 is 35.1 Å². The summed E-state index contributed by atoms with van der Waals surface area (Å²) in [5, 5.41) is 11.5. The Kier molecular flexibility index (Phi) is 4.82. The Morgan fingerprint density at radius 3 is 2.42 bits per heavy atom. The fourth-order valence-electron chi connectivity index (χ4n) is 4.15. The van der Waals surface area contributed by atoms with Gasteiger partial charge < -0.3 is 9.52 Å². The molecule has 0 saturated heterocycles. The Bertz CT molecular complexity index is 1440. The summed E-state index contributed by atoms with van der Waals surface area (Å²) in [5.74, 6) is -4.60. The summed E-state index contributed by atoms with van der Waals surface area (Å²) in [6, 6.07) is 17.5. The van der Waals surface area contributed by atoms with E-state index in [1.807, 2.05) is 0 Å². The topological polar surface area (TPSA) is 70.7 Å². The number of para-hydroxylation sites is 1. The van der Waals surface area contributed by atoms with Gasteiger partial charge in [-0.05, 0) is 42.3 Å². The molecule has 3 aromatic carbocycles. The molecule has 1 unspecified atom stereocenters. The smallest absolute Gasteiger partial charge is 0.294 e. The number of rotatable bonds is 4. The van der Waals surface area contributed by atoms with E-state index in [9.17, 15) is 23.5 Å². The summed E-state index contributed by atoms with van der Waals surface area (Å²) in [5.41, 5.74) is 1.59. The molecule has 1 aromatic heterocycles. The number of Topliss-reactive ketones (excluding diaryl/α,β-unsaturated/α-hetero) is 1. The van der Waals surface area contributed by atoms with Crippen LogP contribution in [0.3, 0.4) is 0 Å². The van der Waals surface area contributed by atoms with Gasteiger partial charge in [-0.3, -0.25) is 14.5 Å². The second-order valence-electron chi connectivity index (χ2n) is 7.77. The van der Waals surface area contributed by atoms with Crippen molar-refractivity contribution in [2.45, 2.75) is 13.0 Å². The van der Waals surface area contributed by atoms with Crippen LogP contribution in [0, 0.1) is 18.6 Å². The molecule has 1 amide bonds. The number of fused-ring (bicyclic) bond motifs is 1. The molecule has 1 aliphatic heterocycles. The van der Waals surface area contributed by atoms with Crippen molar-refractivity contribution in [3.8, 4) is 0 Å². The third kappa shape index (κ3) is 3.29. The van der Waals surface area contributed by atoms with Gasteiger partial charge >= 0.3 is 0 Å². The molecule has 5 rings (SSSR count). The molecule has 2 heterocycles. The molecule has 0 bridgehead atoms. The summed E-state index contributed by atoms with van der Waals surface area (Å²) in [4.78, 5) is 27.8. The van der Waals surface area contributed by atoms with Crippen LogP contribution in [0.2, 0.25) is 0 Å². The first-order chi connectivity index (χ1) is 15.9. The minimum atomic E-state index is -1.15. The summed E-state index contributed by atoms with van der Waals surface area (Å²) >= 11 is 0. The summed E-state index contributed by atoms with van der Waals surface area (Å²) in [6.07, 6.45) is 0. The second-order valence-corrected chi connectivity index (χ2v) is 7.77. The predicted molar refractivity (Wildman–Crippen MR) is 118 cm³/mol. The van der Waals surface area contributed by atoms with Crippen LogP contribution < -0.4 is 4.90 Å². The van der Waals surface area contributed by atoms with Gasteiger partial charge in [0.1, 0.15) is 5.58 Å². The summed E-state index contributed by atoms with van der Waals surface area (Å²) in [7, 11) is 0. The van der Waals surface area contributed by atoms with Crippen molar-refractivity contribution in [1.82, 2.24) is 0 Å². The fraction of sp³-hybridized carbons (Fsp3) is 0.0769. The number of anilines is 1. The SMILES string of the molecule is Cc1ccccc1C1C(C(=O)c2cc3ccccc3o2)=C(O)C(=O)N1c1ccc(F)c(F)c1. The molecule has 1 aliphatic rings. The van der Waals surface area contributed by atoms with E-state index in [-0.39, 0.29) is 17.0 Å². The quantitative estimate of drug-likeness (QED) is 0.403. The predicted octanol–water partition coefficient (Wildman–Crippen LogP) is 5.80. The first-order valence-corrected chi connectivity index (χ1v) is 10.2. The fourth-order valence-corrected chi connectivity index (χ4v) is 4.15. The normalized spacial score (nSPS) is 16.2. The maximum absolute atomic E-state index is 14.0. The minimum absolute atomic E-state index is 0.00566. The zero-order valence-electron chi connectivity index (χ0n) is 17.4. The number of aliphatic hydroxyl groups is 1. The monoisotopic (exact) mass is 445 g/mol. The van der Waals surface area contributed by atoms with Crippen LogP contribution in [0.5, 0.6) is 0 Å². The van der Waals surface area contributed by atoms with Crippen molar-refractivity contribution in [2.75, 3.05) is 4.90 Å². The molecule has 0 fully saturated rings. The molecule has 164 valence electrons. The third-order valence-corrected chi connectivity index (χ3v) is 5.77. The molecule has 0 spiro atoms. The number of carbonyl (C=O) groups excluding carboxylic acids is 2. The zero-order chi connectivity index (χ0) is 23.3. The van der Waals surface area contributed by atoms with Crippen LogP contribution in [0.1, 0.15) is 27.7 Å². The molecular weight excluding hydrogens is 428 g/mol. The van der Waals surface area contributed by atoms with Crippen molar-refractivity contribution < 1.29 is 27.9 Å². The number of furan rings is 1.